The van der Waals surface area contributed by atoms with Crippen LogP contribution in [0.4, 0.5) is 5.69 Å². The average Bonchev–Trinajstić information content (AvgIpc) is 2.78. The molecule has 1 aromatic heterocycles. The number of carbonyl (C=O) groups excluding carboxylic acids is 1. The Morgan fingerprint density at radius 3 is 2.76 bits per heavy atom. The molecule has 112 valence electrons. The molecule has 0 radical (unpaired) electrons. The van der Waals surface area contributed by atoms with Crippen molar-refractivity contribution < 1.29 is 4.79 Å². The van der Waals surface area contributed by atoms with Crippen molar-refractivity contribution in [2.75, 3.05) is 18.9 Å². The van der Waals surface area contributed by atoms with E-state index in [1.54, 1.807) is 0 Å². The van der Waals surface area contributed by atoms with Crippen LogP contribution in [-0.2, 0) is 11.3 Å². The number of thiophene rings is 1. The summed E-state index contributed by atoms with van der Waals surface area (Å²) in [5.41, 5.74) is 1.88. The molecule has 1 aromatic carbocycles. The monoisotopic (exact) mass is 386 g/mol. The SMILES string of the molecule is Cc1cc(Br)ccc1NC(=O)CN(C)Cc1ccc(Cl)s1. The second-order valence-corrected chi connectivity index (χ2v) is 7.60. The zero-order chi connectivity index (χ0) is 15.4. The predicted molar refractivity (Wildman–Crippen MR) is 93.2 cm³/mol. The summed E-state index contributed by atoms with van der Waals surface area (Å²) in [5.74, 6) is -0.0226. The zero-order valence-electron chi connectivity index (χ0n) is 11.8. The largest absolute Gasteiger partial charge is 0.325 e. The Kier molecular flexibility index (Phi) is 5.81. The van der Waals surface area contributed by atoms with Gasteiger partial charge in [-0.15, -0.1) is 11.3 Å². The Morgan fingerprint density at radius 2 is 2.14 bits per heavy atom. The van der Waals surface area contributed by atoms with Crippen LogP contribution in [0.2, 0.25) is 4.34 Å². The molecule has 3 nitrogen and oxygen atoms in total. The zero-order valence-corrected chi connectivity index (χ0v) is 15.0. The van der Waals surface area contributed by atoms with Crippen LogP contribution in [0.15, 0.2) is 34.8 Å². The second-order valence-electron chi connectivity index (χ2n) is 4.89. The molecule has 21 heavy (non-hydrogen) atoms. The van der Waals surface area contributed by atoms with Gasteiger partial charge >= 0.3 is 0 Å². The fourth-order valence-electron chi connectivity index (χ4n) is 1.96. The summed E-state index contributed by atoms with van der Waals surface area (Å²) in [6.45, 7) is 3.02. The lowest BCUT2D eigenvalue weighted by molar-refractivity contribution is -0.117. The molecule has 0 bridgehead atoms. The van der Waals surface area contributed by atoms with Gasteiger partial charge in [0.05, 0.1) is 10.9 Å². The number of hydrogen-bond acceptors (Lipinski definition) is 3. The maximum Gasteiger partial charge on any atom is 0.238 e. The molecule has 1 N–H and O–H groups in total. The summed E-state index contributed by atoms with van der Waals surface area (Å²) < 4.78 is 1.78. The lowest BCUT2D eigenvalue weighted by Gasteiger charge is -2.16. The molecule has 0 spiro atoms. The Hall–Kier alpha value is -0.880. The van der Waals surface area contributed by atoms with Crippen LogP contribution in [0.25, 0.3) is 0 Å². The summed E-state index contributed by atoms with van der Waals surface area (Å²) in [6, 6.07) is 9.66. The van der Waals surface area contributed by atoms with Gasteiger partial charge in [-0.05, 0) is 49.9 Å². The van der Waals surface area contributed by atoms with Crippen molar-refractivity contribution in [2.24, 2.45) is 0 Å². The molecule has 1 heterocycles. The molecule has 0 aliphatic heterocycles. The maximum atomic E-state index is 12.1. The molecular formula is C15H16BrClN2OS. The van der Waals surface area contributed by atoms with Crippen molar-refractivity contribution in [2.45, 2.75) is 13.5 Å². The average molecular weight is 388 g/mol. The van der Waals surface area contributed by atoms with Crippen molar-refractivity contribution in [1.29, 1.82) is 0 Å². The highest BCUT2D eigenvalue weighted by Crippen LogP contribution is 2.22. The fourth-order valence-corrected chi connectivity index (χ4v) is 3.60. The van der Waals surface area contributed by atoms with Gasteiger partial charge in [-0.1, -0.05) is 27.5 Å². The number of hydrogen-bond donors (Lipinski definition) is 1. The molecule has 0 saturated heterocycles. The number of likely N-dealkylation sites (N-methyl/N-ethyl adjacent to an activating group) is 1. The number of nitrogens with zero attached hydrogens (tertiary/aromatic N) is 1. The van der Waals surface area contributed by atoms with Gasteiger partial charge in [-0.3, -0.25) is 9.69 Å². The van der Waals surface area contributed by atoms with Crippen LogP contribution in [0.3, 0.4) is 0 Å². The first kappa shape index (κ1) is 16.5. The van der Waals surface area contributed by atoms with Gasteiger partial charge in [-0.2, -0.15) is 0 Å². The van der Waals surface area contributed by atoms with E-state index in [-0.39, 0.29) is 5.91 Å². The van der Waals surface area contributed by atoms with Gasteiger partial charge in [0.1, 0.15) is 0 Å². The highest BCUT2D eigenvalue weighted by molar-refractivity contribution is 9.10. The number of halogens is 2. The minimum absolute atomic E-state index is 0.0226. The number of benzene rings is 1. The van der Waals surface area contributed by atoms with Crippen molar-refractivity contribution in [3.05, 3.63) is 49.6 Å². The van der Waals surface area contributed by atoms with Crippen molar-refractivity contribution in [3.63, 3.8) is 0 Å². The third kappa shape index (κ3) is 5.11. The van der Waals surface area contributed by atoms with Gasteiger partial charge in [0.15, 0.2) is 0 Å². The highest BCUT2D eigenvalue weighted by atomic mass is 79.9. The molecule has 0 atom stereocenters. The van der Waals surface area contributed by atoms with E-state index < -0.39 is 0 Å². The van der Waals surface area contributed by atoms with Gasteiger partial charge in [0.25, 0.3) is 0 Å². The van der Waals surface area contributed by atoms with Crippen molar-refractivity contribution in [3.8, 4) is 0 Å². The molecule has 0 aliphatic rings. The summed E-state index contributed by atoms with van der Waals surface area (Å²) in [4.78, 5) is 15.2. The van der Waals surface area contributed by atoms with Gasteiger partial charge in [0.2, 0.25) is 5.91 Å². The number of carbonyl (C=O) groups is 1. The van der Waals surface area contributed by atoms with Crippen LogP contribution in [0.1, 0.15) is 10.4 Å². The quantitative estimate of drug-likeness (QED) is 0.816. The van der Waals surface area contributed by atoms with Crippen molar-refractivity contribution >= 4 is 50.5 Å². The number of nitrogens with one attached hydrogen (secondary N) is 1. The minimum atomic E-state index is -0.0226. The summed E-state index contributed by atoms with van der Waals surface area (Å²) in [6.07, 6.45) is 0. The minimum Gasteiger partial charge on any atom is -0.325 e. The Labute approximate surface area is 142 Å². The fraction of sp³-hybridized carbons (Fsp3) is 0.267. The van der Waals surface area contributed by atoms with Crippen LogP contribution >= 0.6 is 38.9 Å². The van der Waals surface area contributed by atoms with Gasteiger partial charge in [0, 0.05) is 21.6 Å². The molecule has 2 aromatic rings. The lowest BCUT2D eigenvalue weighted by atomic mass is 10.2. The molecule has 0 fully saturated rings. The molecule has 0 aliphatic carbocycles. The van der Waals surface area contributed by atoms with E-state index in [4.69, 9.17) is 11.6 Å². The van der Waals surface area contributed by atoms with E-state index in [2.05, 4.69) is 21.2 Å². The molecule has 1 amide bonds. The standard InChI is InChI=1S/C15H16BrClN2OS/c1-10-7-11(16)3-5-13(10)18-15(20)9-19(2)8-12-4-6-14(17)21-12/h3-7H,8-9H2,1-2H3,(H,18,20). The lowest BCUT2D eigenvalue weighted by Crippen LogP contribution is -2.29. The second kappa shape index (κ2) is 7.40. The first-order valence-electron chi connectivity index (χ1n) is 6.43. The van der Waals surface area contributed by atoms with E-state index in [0.29, 0.717) is 13.1 Å². The van der Waals surface area contributed by atoms with E-state index in [0.717, 1.165) is 24.9 Å². The number of aryl methyl sites for hydroxylation is 1. The normalized spacial score (nSPS) is 10.9. The van der Waals surface area contributed by atoms with E-state index in [1.807, 2.05) is 49.2 Å². The topological polar surface area (TPSA) is 32.3 Å². The van der Waals surface area contributed by atoms with Crippen LogP contribution in [-0.4, -0.2) is 24.4 Å². The van der Waals surface area contributed by atoms with Gasteiger partial charge in [-0.25, -0.2) is 0 Å². The smallest absolute Gasteiger partial charge is 0.238 e. The molecule has 6 heteroatoms. The Balaban J connectivity index is 1.89. The van der Waals surface area contributed by atoms with Crippen molar-refractivity contribution in [1.82, 2.24) is 4.90 Å². The van der Waals surface area contributed by atoms with Gasteiger partial charge < -0.3 is 5.32 Å². The number of amides is 1. The molecule has 2 rings (SSSR count). The highest BCUT2D eigenvalue weighted by Gasteiger charge is 2.10. The third-order valence-corrected chi connectivity index (χ3v) is 4.64. The molecular weight excluding hydrogens is 372 g/mol. The summed E-state index contributed by atoms with van der Waals surface area (Å²) in [5, 5.41) is 2.94. The van der Waals surface area contributed by atoms with E-state index in [1.165, 1.54) is 11.3 Å². The number of anilines is 1. The van der Waals surface area contributed by atoms with Crippen LogP contribution in [0, 0.1) is 6.92 Å². The van der Waals surface area contributed by atoms with E-state index >= 15 is 0 Å². The number of rotatable bonds is 5. The Bertz CT molecular complexity index is 644. The summed E-state index contributed by atoms with van der Waals surface area (Å²) in [7, 11) is 1.92. The molecule has 0 unspecified atom stereocenters. The summed E-state index contributed by atoms with van der Waals surface area (Å²) >= 11 is 10.9. The first-order chi connectivity index (χ1) is 9.94. The van der Waals surface area contributed by atoms with E-state index in [9.17, 15) is 4.79 Å². The maximum absolute atomic E-state index is 12.1. The van der Waals surface area contributed by atoms with Crippen LogP contribution in [0.5, 0.6) is 0 Å². The van der Waals surface area contributed by atoms with Crippen LogP contribution < -0.4 is 5.32 Å². The predicted octanol–water partition coefficient (Wildman–Crippen LogP) is 4.54. The Morgan fingerprint density at radius 1 is 1.38 bits per heavy atom. The third-order valence-electron chi connectivity index (χ3n) is 2.93. The first-order valence-corrected chi connectivity index (χ1v) is 8.41. The molecule has 0 saturated carbocycles.